The van der Waals surface area contributed by atoms with Crippen LogP contribution in [0.3, 0.4) is 0 Å². The van der Waals surface area contributed by atoms with E-state index in [9.17, 15) is 12.8 Å². The van der Waals surface area contributed by atoms with Crippen LogP contribution in [0.4, 0.5) is 4.39 Å². The third kappa shape index (κ3) is 3.98. The van der Waals surface area contributed by atoms with E-state index in [0.717, 1.165) is 11.1 Å². The Morgan fingerprint density at radius 3 is 2.26 bits per heavy atom. The number of sulfonamides is 1. The molecule has 5 heteroatoms. The van der Waals surface area contributed by atoms with E-state index >= 15 is 0 Å². The summed E-state index contributed by atoms with van der Waals surface area (Å²) in [6, 6.07) is 9.44. The average molecular weight is 335 g/mol. The molecular weight excluding hydrogens is 313 g/mol. The Balaban J connectivity index is 2.32. The lowest BCUT2D eigenvalue weighted by atomic mass is 10.0. The van der Waals surface area contributed by atoms with Crippen molar-refractivity contribution in [1.82, 2.24) is 4.72 Å². The Morgan fingerprint density at radius 1 is 1.00 bits per heavy atom. The zero-order valence-corrected chi connectivity index (χ0v) is 14.7. The second kappa shape index (κ2) is 6.81. The molecule has 0 saturated heterocycles. The maximum atomic E-state index is 13.3. The van der Waals surface area contributed by atoms with Gasteiger partial charge in [-0.2, -0.15) is 0 Å². The van der Waals surface area contributed by atoms with Crippen molar-refractivity contribution in [3.05, 3.63) is 64.5 Å². The molecule has 0 saturated carbocycles. The van der Waals surface area contributed by atoms with Gasteiger partial charge >= 0.3 is 0 Å². The quantitative estimate of drug-likeness (QED) is 0.891. The molecular formula is C18H22FNO2S. The predicted octanol–water partition coefficient (Wildman–Crippen LogP) is 4.18. The molecule has 2 rings (SSSR count). The summed E-state index contributed by atoms with van der Waals surface area (Å²) in [5, 5.41) is 0. The normalized spacial score (nSPS) is 13.1. The smallest absolute Gasteiger partial charge is 0.207 e. The summed E-state index contributed by atoms with van der Waals surface area (Å²) in [7, 11) is -3.70. The monoisotopic (exact) mass is 335 g/mol. The Morgan fingerprint density at radius 2 is 1.70 bits per heavy atom. The summed E-state index contributed by atoms with van der Waals surface area (Å²) in [5.74, 6) is -0.412. The third-order valence-electron chi connectivity index (χ3n) is 4.08. The van der Waals surface area contributed by atoms with Crippen LogP contribution in [-0.4, -0.2) is 8.42 Å². The van der Waals surface area contributed by atoms with Crippen LogP contribution in [0.1, 0.15) is 41.6 Å². The van der Waals surface area contributed by atoms with E-state index in [0.29, 0.717) is 12.0 Å². The molecule has 2 aromatic carbocycles. The summed E-state index contributed by atoms with van der Waals surface area (Å²) in [4.78, 5) is 0.0821. The van der Waals surface area contributed by atoms with E-state index < -0.39 is 15.8 Å². The van der Waals surface area contributed by atoms with Crippen LogP contribution >= 0.6 is 0 Å². The highest BCUT2D eigenvalue weighted by molar-refractivity contribution is 7.89. The number of nitrogens with one attached hydrogen (secondary N) is 1. The van der Waals surface area contributed by atoms with Crippen LogP contribution in [0.25, 0.3) is 0 Å². The average Bonchev–Trinajstić information content (AvgIpc) is 2.50. The third-order valence-corrected chi connectivity index (χ3v) is 5.55. The lowest BCUT2D eigenvalue weighted by Crippen LogP contribution is -2.28. The molecule has 0 heterocycles. The minimum absolute atomic E-state index is 0.0821. The van der Waals surface area contributed by atoms with Gasteiger partial charge < -0.3 is 0 Å². The lowest BCUT2D eigenvalue weighted by molar-refractivity contribution is 0.549. The lowest BCUT2D eigenvalue weighted by Gasteiger charge is -2.19. The Hall–Kier alpha value is -1.72. The second-order valence-corrected chi connectivity index (χ2v) is 7.55. The first-order chi connectivity index (χ1) is 10.7. The summed E-state index contributed by atoms with van der Waals surface area (Å²) in [6.45, 7) is 7.50. The zero-order chi connectivity index (χ0) is 17.2. The molecule has 0 fully saturated rings. The first kappa shape index (κ1) is 17.6. The molecule has 1 atom stereocenters. The Labute approximate surface area is 137 Å². The summed E-state index contributed by atoms with van der Waals surface area (Å²) in [6.07, 6.45) is 0.627. The topological polar surface area (TPSA) is 46.2 Å². The molecule has 124 valence electrons. The fourth-order valence-corrected chi connectivity index (χ4v) is 3.80. The van der Waals surface area contributed by atoms with Crippen LogP contribution in [0.5, 0.6) is 0 Å². The van der Waals surface area contributed by atoms with Crippen molar-refractivity contribution in [3.8, 4) is 0 Å². The highest BCUT2D eigenvalue weighted by Gasteiger charge is 2.21. The minimum atomic E-state index is -3.70. The summed E-state index contributed by atoms with van der Waals surface area (Å²) >= 11 is 0. The molecule has 0 aliphatic heterocycles. The summed E-state index contributed by atoms with van der Waals surface area (Å²) in [5.41, 5.74) is 3.53. The molecule has 0 aliphatic rings. The predicted molar refractivity (Wildman–Crippen MR) is 90.4 cm³/mol. The Bertz CT molecular complexity index is 816. The van der Waals surface area contributed by atoms with Crippen molar-refractivity contribution in [2.75, 3.05) is 0 Å². The van der Waals surface area contributed by atoms with E-state index in [1.165, 1.54) is 23.8 Å². The highest BCUT2D eigenvalue weighted by atomic mass is 32.2. The van der Waals surface area contributed by atoms with Crippen LogP contribution < -0.4 is 4.72 Å². The van der Waals surface area contributed by atoms with E-state index in [1.54, 1.807) is 6.92 Å². The van der Waals surface area contributed by atoms with Gasteiger partial charge in [-0.1, -0.05) is 25.1 Å². The molecule has 0 aromatic heterocycles. The van der Waals surface area contributed by atoms with E-state index in [1.807, 2.05) is 39.0 Å². The van der Waals surface area contributed by atoms with Crippen molar-refractivity contribution in [2.24, 2.45) is 0 Å². The van der Waals surface area contributed by atoms with Gasteiger partial charge in [-0.25, -0.2) is 17.5 Å². The number of aryl methyl sites for hydroxylation is 3. The molecule has 3 nitrogen and oxygen atoms in total. The van der Waals surface area contributed by atoms with Gasteiger partial charge in [0.2, 0.25) is 10.0 Å². The molecule has 23 heavy (non-hydrogen) atoms. The van der Waals surface area contributed by atoms with Gasteiger partial charge in [0.05, 0.1) is 4.90 Å². The zero-order valence-electron chi connectivity index (χ0n) is 13.9. The van der Waals surface area contributed by atoms with Gasteiger partial charge in [0.1, 0.15) is 5.82 Å². The molecule has 0 aliphatic carbocycles. The maximum Gasteiger partial charge on any atom is 0.241 e. The standard InChI is InChI=1S/C18H22FNO2S/c1-5-18(15-7-6-12(2)13(3)10-15)20-23(21,22)16-8-9-17(19)14(4)11-16/h6-11,18,20H,5H2,1-4H3/t18-/m0/s1. The van der Waals surface area contributed by atoms with Crippen molar-refractivity contribution >= 4 is 10.0 Å². The van der Waals surface area contributed by atoms with Gasteiger partial charge in [-0.3, -0.25) is 0 Å². The number of benzene rings is 2. The number of halogens is 1. The number of hydrogen-bond acceptors (Lipinski definition) is 2. The minimum Gasteiger partial charge on any atom is -0.207 e. The molecule has 0 amide bonds. The molecule has 2 aromatic rings. The molecule has 0 unspecified atom stereocenters. The van der Waals surface area contributed by atoms with E-state index in [2.05, 4.69) is 4.72 Å². The van der Waals surface area contributed by atoms with Crippen molar-refractivity contribution < 1.29 is 12.8 Å². The fourth-order valence-electron chi connectivity index (χ4n) is 2.41. The van der Waals surface area contributed by atoms with Gasteiger partial charge in [0.15, 0.2) is 0 Å². The van der Waals surface area contributed by atoms with Gasteiger partial charge in [0.25, 0.3) is 0 Å². The van der Waals surface area contributed by atoms with Crippen LogP contribution in [-0.2, 0) is 10.0 Å². The molecule has 0 spiro atoms. The van der Waals surface area contributed by atoms with Crippen molar-refractivity contribution in [1.29, 1.82) is 0 Å². The fraction of sp³-hybridized carbons (Fsp3) is 0.333. The molecule has 0 bridgehead atoms. The summed E-state index contributed by atoms with van der Waals surface area (Å²) < 4.78 is 41.2. The van der Waals surface area contributed by atoms with E-state index in [-0.39, 0.29) is 10.9 Å². The number of hydrogen-bond donors (Lipinski definition) is 1. The Kier molecular flexibility index (Phi) is 5.22. The highest BCUT2D eigenvalue weighted by Crippen LogP contribution is 2.23. The molecule has 0 radical (unpaired) electrons. The van der Waals surface area contributed by atoms with Gasteiger partial charge in [-0.15, -0.1) is 0 Å². The number of rotatable bonds is 5. The van der Waals surface area contributed by atoms with Crippen molar-refractivity contribution in [2.45, 2.75) is 45.1 Å². The molecule has 1 N–H and O–H groups in total. The second-order valence-electron chi connectivity index (χ2n) is 5.84. The maximum absolute atomic E-state index is 13.3. The van der Waals surface area contributed by atoms with Crippen LogP contribution in [0.2, 0.25) is 0 Å². The van der Waals surface area contributed by atoms with Gasteiger partial charge in [-0.05, 0) is 67.6 Å². The largest absolute Gasteiger partial charge is 0.241 e. The SMILES string of the molecule is CC[C@H](NS(=O)(=O)c1ccc(F)c(C)c1)c1ccc(C)c(C)c1. The first-order valence-corrected chi connectivity index (χ1v) is 9.08. The first-order valence-electron chi connectivity index (χ1n) is 7.60. The van der Waals surface area contributed by atoms with Crippen molar-refractivity contribution in [3.63, 3.8) is 0 Å². The van der Waals surface area contributed by atoms with Crippen LogP contribution in [0, 0.1) is 26.6 Å². The van der Waals surface area contributed by atoms with E-state index in [4.69, 9.17) is 0 Å². The van der Waals surface area contributed by atoms with Crippen LogP contribution in [0.15, 0.2) is 41.3 Å². The van der Waals surface area contributed by atoms with Gasteiger partial charge in [0, 0.05) is 6.04 Å².